The number of rotatable bonds is 7. The molecule has 0 aliphatic carbocycles. The Labute approximate surface area is 149 Å². The van der Waals surface area contributed by atoms with E-state index >= 15 is 0 Å². The minimum absolute atomic E-state index is 0.210. The van der Waals surface area contributed by atoms with E-state index in [0.717, 1.165) is 17.7 Å². The van der Waals surface area contributed by atoms with E-state index in [0.29, 0.717) is 17.5 Å². The minimum atomic E-state index is -0.210. The second-order valence-corrected chi connectivity index (χ2v) is 6.39. The first-order chi connectivity index (χ1) is 11.6. The molecule has 0 bridgehead atoms. The zero-order valence-corrected chi connectivity index (χ0v) is 15.1. The van der Waals surface area contributed by atoms with Crippen molar-refractivity contribution in [3.63, 3.8) is 0 Å². The van der Waals surface area contributed by atoms with E-state index < -0.39 is 0 Å². The molecular weight excluding hydrogens is 320 g/mol. The van der Waals surface area contributed by atoms with Crippen LogP contribution in [0.25, 0.3) is 0 Å². The Hall–Kier alpha value is -2.00. The van der Waals surface area contributed by atoms with Gasteiger partial charge in [0.05, 0.1) is 0 Å². The number of nitrogens with one attached hydrogen (secondary N) is 2. The lowest BCUT2D eigenvalue weighted by atomic mass is 9.92. The summed E-state index contributed by atoms with van der Waals surface area (Å²) >= 11 is 5.85. The zero-order valence-electron chi connectivity index (χ0n) is 14.3. The predicted octanol–water partition coefficient (Wildman–Crippen LogP) is 5.96. The normalized spacial score (nSPS) is 11.8. The van der Waals surface area contributed by atoms with E-state index in [1.54, 1.807) is 0 Å². The molecule has 3 nitrogen and oxygen atoms in total. The van der Waals surface area contributed by atoms with Crippen molar-refractivity contribution in [2.45, 2.75) is 45.6 Å². The summed E-state index contributed by atoms with van der Waals surface area (Å²) in [5.41, 5.74) is 3.15. The fraction of sp³-hybridized carbons (Fsp3) is 0.350. The molecular formula is C20H25ClN2O. The molecule has 128 valence electrons. The average Bonchev–Trinajstić information content (AvgIpc) is 2.60. The van der Waals surface area contributed by atoms with Crippen LogP contribution in [0.15, 0.2) is 48.5 Å². The van der Waals surface area contributed by atoms with Crippen LogP contribution in [0.1, 0.15) is 50.2 Å². The number of hydrogen-bond acceptors (Lipinski definition) is 1. The van der Waals surface area contributed by atoms with Gasteiger partial charge in [0.25, 0.3) is 0 Å². The highest BCUT2D eigenvalue weighted by molar-refractivity contribution is 6.30. The second-order valence-electron chi connectivity index (χ2n) is 5.95. The van der Waals surface area contributed by atoms with E-state index in [4.69, 9.17) is 11.6 Å². The van der Waals surface area contributed by atoms with Crippen molar-refractivity contribution < 1.29 is 4.79 Å². The number of carbonyl (C=O) groups excluding carboxylic acids is 1. The lowest BCUT2D eigenvalue weighted by Crippen LogP contribution is -2.28. The van der Waals surface area contributed by atoms with Crippen molar-refractivity contribution in [3.05, 3.63) is 64.7 Å². The molecule has 2 N–H and O–H groups in total. The Morgan fingerprint density at radius 1 is 1.04 bits per heavy atom. The molecule has 0 aliphatic rings. The first-order valence-electron chi connectivity index (χ1n) is 8.51. The Morgan fingerprint density at radius 3 is 2.29 bits per heavy atom. The van der Waals surface area contributed by atoms with Gasteiger partial charge >= 0.3 is 6.03 Å². The predicted molar refractivity (Wildman–Crippen MR) is 102 cm³/mol. The number of urea groups is 1. The standard InChI is InChI=1S/C20H25ClN2O/c1-3-5-16(4-2)17-8-12-19(13-9-17)23-20(24)22-14-15-6-10-18(21)11-7-15/h6-13,16H,3-5,14H2,1-2H3,(H2,22,23,24). The first-order valence-corrected chi connectivity index (χ1v) is 8.89. The topological polar surface area (TPSA) is 41.1 Å². The van der Waals surface area contributed by atoms with Crippen LogP contribution in [-0.4, -0.2) is 6.03 Å². The minimum Gasteiger partial charge on any atom is -0.334 e. The summed E-state index contributed by atoms with van der Waals surface area (Å²) in [6.45, 7) is 4.90. The molecule has 2 aromatic rings. The van der Waals surface area contributed by atoms with E-state index in [9.17, 15) is 4.79 Å². The Kier molecular flexibility index (Phi) is 7.13. The largest absolute Gasteiger partial charge is 0.334 e. The molecule has 2 amide bonds. The van der Waals surface area contributed by atoms with Crippen molar-refractivity contribution in [2.75, 3.05) is 5.32 Å². The van der Waals surface area contributed by atoms with E-state index in [1.165, 1.54) is 18.4 Å². The van der Waals surface area contributed by atoms with Crippen LogP contribution in [0, 0.1) is 0 Å². The number of carbonyl (C=O) groups is 1. The third-order valence-electron chi connectivity index (χ3n) is 4.14. The quantitative estimate of drug-likeness (QED) is 0.639. The Morgan fingerprint density at radius 2 is 1.71 bits per heavy atom. The van der Waals surface area contributed by atoms with Gasteiger partial charge in [-0.1, -0.05) is 56.1 Å². The zero-order chi connectivity index (χ0) is 17.4. The maximum absolute atomic E-state index is 12.0. The van der Waals surface area contributed by atoms with Gasteiger partial charge in [-0.3, -0.25) is 0 Å². The van der Waals surface area contributed by atoms with Gasteiger partial charge in [0.1, 0.15) is 0 Å². The maximum Gasteiger partial charge on any atom is 0.319 e. The van der Waals surface area contributed by atoms with Crippen molar-refractivity contribution >= 4 is 23.3 Å². The molecule has 0 heterocycles. The molecule has 24 heavy (non-hydrogen) atoms. The van der Waals surface area contributed by atoms with Gasteiger partial charge in [0.2, 0.25) is 0 Å². The smallest absolute Gasteiger partial charge is 0.319 e. The molecule has 0 aliphatic heterocycles. The Bertz CT molecular complexity index is 638. The highest BCUT2D eigenvalue weighted by atomic mass is 35.5. The van der Waals surface area contributed by atoms with Crippen LogP contribution >= 0.6 is 11.6 Å². The molecule has 1 atom stereocenters. The van der Waals surface area contributed by atoms with Gasteiger partial charge in [-0.05, 0) is 54.2 Å². The molecule has 4 heteroatoms. The highest BCUT2D eigenvalue weighted by Gasteiger charge is 2.08. The number of halogens is 1. The third-order valence-corrected chi connectivity index (χ3v) is 4.39. The van der Waals surface area contributed by atoms with Crippen LogP contribution in [0.4, 0.5) is 10.5 Å². The molecule has 0 radical (unpaired) electrons. The second kappa shape index (κ2) is 9.33. The van der Waals surface area contributed by atoms with Crippen LogP contribution in [0.3, 0.4) is 0 Å². The monoisotopic (exact) mass is 344 g/mol. The molecule has 0 saturated heterocycles. The first kappa shape index (κ1) is 18.3. The summed E-state index contributed by atoms with van der Waals surface area (Å²) in [6.07, 6.45) is 3.53. The van der Waals surface area contributed by atoms with Gasteiger partial charge < -0.3 is 10.6 Å². The molecule has 0 saturated carbocycles. The summed E-state index contributed by atoms with van der Waals surface area (Å²) < 4.78 is 0. The van der Waals surface area contributed by atoms with Gasteiger partial charge in [-0.15, -0.1) is 0 Å². The van der Waals surface area contributed by atoms with Crippen LogP contribution in [0.5, 0.6) is 0 Å². The number of anilines is 1. The molecule has 2 aromatic carbocycles. The summed E-state index contributed by atoms with van der Waals surface area (Å²) in [4.78, 5) is 12.0. The number of hydrogen-bond donors (Lipinski definition) is 2. The van der Waals surface area contributed by atoms with Gasteiger partial charge in [0, 0.05) is 17.3 Å². The van der Waals surface area contributed by atoms with Crippen LogP contribution in [0.2, 0.25) is 5.02 Å². The van der Waals surface area contributed by atoms with Gasteiger partial charge in [0.15, 0.2) is 0 Å². The van der Waals surface area contributed by atoms with Crippen LogP contribution < -0.4 is 10.6 Å². The molecule has 2 rings (SSSR count). The molecule has 0 fully saturated rings. The fourth-order valence-electron chi connectivity index (χ4n) is 2.75. The summed E-state index contributed by atoms with van der Waals surface area (Å²) in [5.74, 6) is 0.600. The van der Waals surface area contributed by atoms with Gasteiger partial charge in [-0.2, -0.15) is 0 Å². The molecule has 0 aromatic heterocycles. The summed E-state index contributed by atoms with van der Waals surface area (Å²) in [7, 11) is 0. The summed E-state index contributed by atoms with van der Waals surface area (Å²) in [6, 6.07) is 15.4. The molecule has 0 spiro atoms. The molecule has 1 unspecified atom stereocenters. The average molecular weight is 345 g/mol. The van der Waals surface area contributed by atoms with Crippen molar-refractivity contribution in [1.82, 2.24) is 5.32 Å². The SMILES string of the molecule is CCCC(CC)c1ccc(NC(=O)NCc2ccc(Cl)cc2)cc1. The van der Waals surface area contributed by atoms with Crippen molar-refractivity contribution in [2.24, 2.45) is 0 Å². The lowest BCUT2D eigenvalue weighted by Gasteiger charge is -2.15. The van der Waals surface area contributed by atoms with Crippen molar-refractivity contribution in [3.8, 4) is 0 Å². The maximum atomic E-state index is 12.0. The number of benzene rings is 2. The highest BCUT2D eigenvalue weighted by Crippen LogP contribution is 2.25. The fourth-order valence-corrected chi connectivity index (χ4v) is 2.88. The van der Waals surface area contributed by atoms with Crippen LogP contribution in [-0.2, 0) is 6.54 Å². The van der Waals surface area contributed by atoms with E-state index in [-0.39, 0.29) is 6.03 Å². The number of amides is 2. The van der Waals surface area contributed by atoms with E-state index in [1.807, 2.05) is 36.4 Å². The van der Waals surface area contributed by atoms with E-state index in [2.05, 4.69) is 36.6 Å². The summed E-state index contributed by atoms with van der Waals surface area (Å²) in [5, 5.41) is 6.40. The van der Waals surface area contributed by atoms with Gasteiger partial charge in [-0.25, -0.2) is 4.79 Å². The lowest BCUT2D eigenvalue weighted by molar-refractivity contribution is 0.251. The third kappa shape index (κ3) is 5.57. The van der Waals surface area contributed by atoms with Crippen molar-refractivity contribution in [1.29, 1.82) is 0 Å². The Balaban J connectivity index is 1.86.